The standard InChI is InChI=1S/C16H19BrN2O2S/c17-16-9-5-4-8-15(16)13-18-10-11-22(20,21)19-12-14-6-2-1-3-7-14/h1-9,18-19H,10-13H2. The van der Waals surface area contributed by atoms with E-state index in [0.717, 1.165) is 15.6 Å². The lowest BCUT2D eigenvalue weighted by Gasteiger charge is -2.09. The molecule has 0 aliphatic heterocycles. The molecule has 4 nitrogen and oxygen atoms in total. The van der Waals surface area contributed by atoms with E-state index in [0.29, 0.717) is 19.6 Å². The van der Waals surface area contributed by atoms with Gasteiger partial charge in [-0.05, 0) is 17.2 Å². The summed E-state index contributed by atoms with van der Waals surface area (Å²) in [4.78, 5) is 0. The van der Waals surface area contributed by atoms with Gasteiger partial charge in [-0.2, -0.15) is 0 Å². The van der Waals surface area contributed by atoms with Gasteiger partial charge in [0.2, 0.25) is 10.0 Å². The van der Waals surface area contributed by atoms with E-state index >= 15 is 0 Å². The fourth-order valence-corrected chi connectivity index (χ4v) is 3.30. The Hall–Kier alpha value is -1.21. The Morgan fingerprint density at radius 3 is 2.32 bits per heavy atom. The van der Waals surface area contributed by atoms with Gasteiger partial charge in [0.25, 0.3) is 0 Å². The van der Waals surface area contributed by atoms with Crippen molar-refractivity contribution in [1.29, 1.82) is 0 Å². The third-order valence-corrected chi connectivity index (χ3v) is 5.26. The summed E-state index contributed by atoms with van der Waals surface area (Å²) in [5, 5.41) is 3.15. The maximum Gasteiger partial charge on any atom is 0.213 e. The van der Waals surface area contributed by atoms with E-state index in [1.54, 1.807) is 0 Å². The fraction of sp³-hybridized carbons (Fsp3) is 0.250. The van der Waals surface area contributed by atoms with Crippen molar-refractivity contribution >= 4 is 26.0 Å². The molecule has 0 aliphatic carbocycles. The first-order valence-corrected chi connectivity index (χ1v) is 9.47. The van der Waals surface area contributed by atoms with E-state index in [-0.39, 0.29) is 5.75 Å². The molecule has 22 heavy (non-hydrogen) atoms. The molecule has 0 unspecified atom stereocenters. The first kappa shape index (κ1) is 17.1. The molecule has 2 rings (SSSR count). The maximum atomic E-state index is 11.9. The van der Waals surface area contributed by atoms with Gasteiger partial charge in [-0.15, -0.1) is 0 Å². The van der Waals surface area contributed by atoms with Crippen LogP contribution in [0.15, 0.2) is 59.1 Å². The third-order valence-electron chi connectivity index (χ3n) is 3.16. The Kier molecular flexibility index (Phi) is 6.57. The number of rotatable bonds is 8. The third kappa shape index (κ3) is 5.88. The van der Waals surface area contributed by atoms with Gasteiger partial charge in [0.15, 0.2) is 0 Å². The minimum Gasteiger partial charge on any atom is -0.312 e. The summed E-state index contributed by atoms with van der Waals surface area (Å²) in [7, 11) is -3.27. The van der Waals surface area contributed by atoms with Gasteiger partial charge in [-0.3, -0.25) is 0 Å². The predicted octanol–water partition coefficient (Wildman–Crippen LogP) is 2.66. The molecule has 2 N–H and O–H groups in total. The number of sulfonamides is 1. The Morgan fingerprint density at radius 2 is 1.59 bits per heavy atom. The molecule has 0 spiro atoms. The molecule has 0 radical (unpaired) electrons. The van der Waals surface area contributed by atoms with Crippen LogP contribution in [0.5, 0.6) is 0 Å². The summed E-state index contributed by atoms with van der Waals surface area (Å²) in [6.45, 7) is 1.37. The first-order valence-electron chi connectivity index (χ1n) is 7.02. The molecular weight excluding hydrogens is 364 g/mol. The van der Waals surface area contributed by atoms with E-state index in [2.05, 4.69) is 26.0 Å². The average molecular weight is 383 g/mol. The van der Waals surface area contributed by atoms with Crippen molar-refractivity contribution in [3.8, 4) is 0 Å². The lowest BCUT2D eigenvalue weighted by molar-refractivity contribution is 0.576. The van der Waals surface area contributed by atoms with Crippen molar-refractivity contribution in [2.24, 2.45) is 0 Å². The second-order valence-electron chi connectivity index (χ2n) is 4.89. The SMILES string of the molecule is O=S(=O)(CCNCc1ccccc1Br)NCc1ccccc1. The van der Waals surface area contributed by atoms with Gasteiger partial charge in [-0.25, -0.2) is 13.1 Å². The molecule has 0 aromatic heterocycles. The van der Waals surface area contributed by atoms with E-state index < -0.39 is 10.0 Å². The molecular formula is C16H19BrN2O2S. The monoisotopic (exact) mass is 382 g/mol. The minimum absolute atomic E-state index is 0.0598. The van der Waals surface area contributed by atoms with Crippen LogP contribution in [0.2, 0.25) is 0 Å². The Bertz CT molecular complexity index is 690. The van der Waals surface area contributed by atoms with E-state index in [1.807, 2.05) is 54.6 Å². The number of benzene rings is 2. The van der Waals surface area contributed by atoms with Gasteiger partial charge in [0.05, 0.1) is 5.75 Å². The summed E-state index contributed by atoms with van der Waals surface area (Å²) in [6.07, 6.45) is 0. The largest absolute Gasteiger partial charge is 0.312 e. The maximum absolute atomic E-state index is 11.9. The van der Waals surface area contributed by atoms with Crippen LogP contribution in [-0.4, -0.2) is 20.7 Å². The highest BCUT2D eigenvalue weighted by Gasteiger charge is 2.09. The zero-order chi connectivity index (χ0) is 15.8. The number of hydrogen-bond donors (Lipinski definition) is 2. The molecule has 6 heteroatoms. The van der Waals surface area contributed by atoms with Crippen molar-refractivity contribution in [2.75, 3.05) is 12.3 Å². The molecule has 0 aliphatic rings. The Morgan fingerprint density at radius 1 is 0.909 bits per heavy atom. The fourth-order valence-electron chi connectivity index (χ4n) is 1.93. The summed E-state index contributed by atoms with van der Waals surface area (Å²) < 4.78 is 27.5. The highest BCUT2D eigenvalue weighted by molar-refractivity contribution is 9.10. The van der Waals surface area contributed by atoms with Gasteiger partial charge < -0.3 is 5.32 Å². The van der Waals surface area contributed by atoms with Gasteiger partial charge in [0, 0.05) is 24.1 Å². The lowest BCUT2D eigenvalue weighted by atomic mass is 10.2. The zero-order valence-electron chi connectivity index (χ0n) is 12.1. The molecule has 0 atom stereocenters. The summed E-state index contributed by atoms with van der Waals surface area (Å²) >= 11 is 3.47. The van der Waals surface area contributed by atoms with Crippen molar-refractivity contribution in [1.82, 2.24) is 10.0 Å². The summed E-state index contributed by atoms with van der Waals surface area (Å²) in [6, 6.07) is 17.4. The number of hydrogen-bond acceptors (Lipinski definition) is 3. The van der Waals surface area contributed by atoms with Gasteiger partial charge in [0.1, 0.15) is 0 Å². The highest BCUT2D eigenvalue weighted by Crippen LogP contribution is 2.15. The molecule has 0 heterocycles. The van der Waals surface area contributed by atoms with Crippen LogP contribution >= 0.6 is 15.9 Å². The number of nitrogens with one attached hydrogen (secondary N) is 2. The second kappa shape index (κ2) is 8.43. The second-order valence-corrected chi connectivity index (χ2v) is 7.67. The predicted molar refractivity (Wildman–Crippen MR) is 92.9 cm³/mol. The van der Waals surface area contributed by atoms with Crippen LogP contribution in [0.25, 0.3) is 0 Å². The zero-order valence-corrected chi connectivity index (χ0v) is 14.5. The van der Waals surface area contributed by atoms with E-state index in [1.165, 1.54) is 0 Å². The van der Waals surface area contributed by atoms with Crippen molar-refractivity contribution in [3.63, 3.8) is 0 Å². The van der Waals surface area contributed by atoms with Crippen LogP contribution in [0.4, 0.5) is 0 Å². The summed E-state index contributed by atoms with van der Waals surface area (Å²) in [5.41, 5.74) is 2.06. The normalized spacial score (nSPS) is 11.5. The Balaban J connectivity index is 1.72. The smallest absolute Gasteiger partial charge is 0.213 e. The molecule has 0 amide bonds. The molecule has 118 valence electrons. The molecule has 0 saturated carbocycles. The van der Waals surface area contributed by atoms with Gasteiger partial charge >= 0.3 is 0 Å². The van der Waals surface area contributed by atoms with Crippen molar-refractivity contribution in [3.05, 3.63) is 70.2 Å². The average Bonchev–Trinajstić information content (AvgIpc) is 2.52. The quantitative estimate of drug-likeness (QED) is 0.690. The van der Waals surface area contributed by atoms with Crippen LogP contribution in [0.3, 0.4) is 0 Å². The lowest BCUT2D eigenvalue weighted by Crippen LogP contribution is -2.31. The van der Waals surface area contributed by atoms with Crippen molar-refractivity contribution in [2.45, 2.75) is 13.1 Å². The minimum atomic E-state index is -3.27. The molecule has 2 aromatic carbocycles. The van der Waals surface area contributed by atoms with E-state index in [4.69, 9.17) is 0 Å². The first-order chi connectivity index (χ1) is 10.6. The highest BCUT2D eigenvalue weighted by atomic mass is 79.9. The van der Waals surface area contributed by atoms with Crippen LogP contribution in [-0.2, 0) is 23.1 Å². The molecule has 0 bridgehead atoms. The van der Waals surface area contributed by atoms with Gasteiger partial charge in [-0.1, -0.05) is 64.5 Å². The molecule has 2 aromatic rings. The number of halogens is 1. The molecule has 0 fully saturated rings. The van der Waals surface area contributed by atoms with Crippen molar-refractivity contribution < 1.29 is 8.42 Å². The Labute approximate surface area is 140 Å². The summed E-state index contributed by atoms with van der Waals surface area (Å²) in [5.74, 6) is 0.0598. The molecule has 0 saturated heterocycles. The topological polar surface area (TPSA) is 58.2 Å². The van der Waals surface area contributed by atoms with Crippen LogP contribution < -0.4 is 10.0 Å². The van der Waals surface area contributed by atoms with Crippen LogP contribution in [0.1, 0.15) is 11.1 Å². The van der Waals surface area contributed by atoms with E-state index in [9.17, 15) is 8.42 Å². The van der Waals surface area contributed by atoms with Crippen LogP contribution in [0, 0.1) is 0 Å².